The fourth-order valence-electron chi connectivity index (χ4n) is 3.06. The molecule has 1 saturated carbocycles. The molecule has 0 radical (unpaired) electrons. The number of carbonyl (C=O) groups excluding carboxylic acids is 1. The molecule has 15 heavy (non-hydrogen) atoms. The molecule has 4 nitrogen and oxygen atoms in total. The van der Waals surface area contributed by atoms with E-state index in [1.54, 1.807) is 0 Å². The summed E-state index contributed by atoms with van der Waals surface area (Å²) in [5.41, 5.74) is -1.69. The van der Waals surface area contributed by atoms with Crippen LogP contribution in [0.25, 0.3) is 0 Å². The number of carboxylic acids is 1. The molecule has 1 aliphatic heterocycles. The molecule has 2 aliphatic rings. The van der Waals surface area contributed by atoms with Crippen LogP contribution in [0.5, 0.6) is 0 Å². The summed E-state index contributed by atoms with van der Waals surface area (Å²) >= 11 is 0. The minimum atomic E-state index is -0.925. The highest BCUT2D eigenvalue weighted by molar-refractivity contribution is 5.87. The molecule has 1 N–H and O–H groups in total. The maximum Gasteiger partial charge on any atom is 0.313 e. The maximum atomic E-state index is 11.8. The van der Waals surface area contributed by atoms with Gasteiger partial charge in [0.2, 0.25) is 0 Å². The highest BCUT2D eigenvalue weighted by Crippen LogP contribution is 2.66. The number of carbonyl (C=O) groups is 2. The molecule has 1 heterocycles. The number of ether oxygens (including phenoxy) is 1. The monoisotopic (exact) mass is 212 g/mol. The van der Waals surface area contributed by atoms with Gasteiger partial charge in [-0.3, -0.25) is 9.59 Å². The summed E-state index contributed by atoms with van der Waals surface area (Å²) in [5, 5.41) is 8.91. The van der Waals surface area contributed by atoms with Crippen LogP contribution in [0.2, 0.25) is 0 Å². The van der Waals surface area contributed by atoms with Crippen molar-refractivity contribution in [3.05, 3.63) is 0 Å². The van der Waals surface area contributed by atoms with E-state index in [1.807, 2.05) is 20.8 Å². The first-order valence-corrected chi connectivity index (χ1v) is 5.20. The first-order chi connectivity index (χ1) is 6.75. The topological polar surface area (TPSA) is 63.6 Å². The molecular formula is C11H16O4. The average Bonchev–Trinajstić information content (AvgIpc) is 2.32. The molecule has 0 aromatic heterocycles. The van der Waals surface area contributed by atoms with Gasteiger partial charge in [0.15, 0.2) is 0 Å². The van der Waals surface area contributed by atoms with Crippen molar-refractivity contribution in [2.75, 3.05) is 0 Å². The van der Waals surface area contributed by atoms with E-state index in [0.29, 0.717) is 6.42 Å². The third-order valence-corrected chi connectivity index (χ3v) is 4.71. The van der Waals surface area contributed by atoms with Gasteiger partial charge in [0, 0.05) is 5.41 Å². The van der Waals surface area contributed by atoms with Crippen LogP contribution >= 0.6 is 0 Å². The van der Waals surface area contributed by atoms with Crippen molar-refractivity contribution in [1.82, 2.24) is 0 Å². The second-order valence-electron chi connectivity index (χ2n) is 5.40. The highest BCUT2D eigenvalue weighted by Gasteiger charge is 2.73. The van der Waals surface area contributed by atoms with E-state index in [0.717, 1.165) is 6.42 Å². The van der Waals surface area contributed by atoms with Gasteiger partial charge in [-0.15, -0.1) is 0 Å². The van der Waals surface area contributed by atoms with E-state index in [-0.39, 0.29) is 12.4 Å². The van der Waals surface area contributed by atoms with Crippen molar-refractivity contribution >= 4 is 11.9 Å². The summed E-state index contributed by atoms with van der Waals surface area (Å²) in [4.78, 5) is 22.7. The Morgan fingerprint density at radius 2 is 2.00 bits per heavy atom. The summed E-state index contributed by atoms with van der Waals surface area (Å²) in [7, 11) is 0. The Morgan fingerprint density at radius 1 is 1.40 bits per heavy atom. The minimum Gasteiger partial charge on any atom is -0.481 e. The number of hydrogen-bond donors (Lipinski definition) is 1. The summed E-state index contributed by atoms with van der Waals surface area (Å²) in [6.07, 6.45) is 1.27. The highest BCUT2D eigenvalue weighted by atomic mass is 16.6. The van der Waals surface area contributed by atoms with Crippen LogP contribution in [-0.4, -0.2) is 22.6 Å². The molecule has 0 aromatic carbocycles. The number of esters is 1. The van der Waals surface area contributed by atoms with Crippen LogP contribution < -0.4 is 0 Å². The Balaban J connectivity index is 2.47. The van der Waals surface area contributed by atoms with Crippen LogP contribution in [0.15, 0.2) is 0 Å². The van der Waals surface area contributed by atoms with Crippen LogP contribution in [0, 0.1) is 10.8 Å². The number of fused-ring (bicyclic) bond motifs is 2. The van der Waals surface area contributed by atoms with Crippen LogP contribution in [0.4, 0.5) is 0 Å². The molecule has 0 aromatic rings. The smallest absolute Gasteiger partial charge is 0.313 e. The zero-order valence-corrected chi connectivity index (χ0v) is 9.29. The average molecular weight is 212 g/mol. The number of aliphatic carboxylic acids is 1. The lowest BCUT2D eigenvalue weighted by molar-refractivity contribution is -0.162. The van der Waals surface area contributed by atoms with Gasteiger partial charge < -0.3 is 9.84 Å². The zero-order valence-electron chi connectivity index (χ0n) is 9.29. The Kier molecular flexibility index (Phi) is 1.77. The molecule has 84 valence electrons. The lowest BCUT2D eigenvalue weighted by atomic mass is 9.64. The summed E-state index contributed by atoms with van der Waals surface area (Å²) in [6, 6.07) is 0. The maximum absolute atomic E-state index is 11.8. The minimum absolute atomic E-state index is 0.117. The number of hydrogen-bond acceptors (Lipinski definition) is 3. The van der Waals surface area contributed by atoms with Gasteiger partial charge in [0.1, 0.15) is 5.60 Å². The first kappa shape index (κ1) is 10.5. The van der Waals surface area contributed by atoms with E-state index >= 15 is 0 Å². The SMILES string of the molecule is CC12CCC(CC(=O)O)(C(=O)O1)C2(C)C. The molecule has 2 atom stereocenters. The van der Waals surface area contributed by atoms with Crippen molar-refractivity contribution in [3.63, 3.8) is 0 Å². The predicted octanol–water partition coefficient (Wildman–Crippen LogP) is 1.58. The summed E-state index contributed by atoms with van der Waals surface area (Å²) < 4.78 is 5.36. The van der Waals surface area contributed by atoms with E-state index < -0.39 is 22.4 Å². The van der Waals surface area contributed by atoms with E-state index in [1.165, 1.54) is 0 Å². The van der Waals surface area contributed by atoms with E-state index in [2.05, 4.69) is 0 Å². The summed E-state index contributed by atoms with van der Waals surface area (Å²) in [5.74, 6) is -1.25. The lowest BCUT2D eigenvalue weighted by Crippen LogP contribution is -2.41. The van der Waals surface area contributed by atoms with Gasteiger partial charge in [-0.1, -0.05) is 13.8 Å². The molecule has 4 heteroatoms. The molecule has 0 spiro atoms. The zero-order chi connectivity index (χ0) is 11.5. The number of carboxylic acid groups (broad SMARTS) is 1. The molecular weight excluding hydrogens is 196 g/mol. The largest absolute Gasteiger partial charge is 0.481 e. The van der Waals surface area contributed by atoms with Crippen LogP contribution in [-0.2, 0) is 14.3 Å². The Bertz CT molecular complexity index is 346. The molecule has 2 fully saturated rings. The molecule has 1 saturated heterocycles. The van der Waals surface area contributed by atoms with Gasteiger partial charge in [0.05, 0.1) is 11.8 Å². The molecule has 0 amide bonds. The second-order valence-corrected chi connectivity index (χ2v) is 5.40. The Labute approximate surface area is 88.6 Å². The Morgan fingerprint density at radius 3 is 2.33 bits per heavy atom. The van der Waals surface area contributed by atoms with Gasteiger partial charge in [0.25, 0.3) is 0 Å². The van der Waals surface area contributed by atoms with Crippen molar-refractivity contribution < 1.29 is 19.4 Å². The lowest BCUT2D eigenvalue weighted by Gasteiger charge is -2.34. The van der Waals surface area contributed by atoms with Gasteiger partial charge in [-0.25, -0.2) is 0 Å². The molecule has 2 unspecified atom stereocenters. The van der Waals surface area contributed by atoms with Crippen LogP contribution in [0.3, 0.4) is 0 Å². The summed E-state index contributed by atoms with van der Waals surface area (Å²) in [6.45, 7) is 5.78. The standard InChI is InChI=1S/C11H16O4/c1-9(2)10(3)4-5-11(9,6-7(12)13)8(14)15-10/h4-6H2,1-3H3,(H,12,13). The fraction of sp³-hybridized carbons (Fsp3) is 0.818. The van der Waals surface area contributed by atoms with E-state index in [4.69, 9.17) is 9.84 Å². The second kappa shape index (κ2) is 2.54. The normalized spacial score (nSPS) is 41.7. The van der Waals surface area contributed by atoms with E-state index in [9.17, 15) is 9.59 Å². The van der Waals surface area contributed by atoms with Gasteiger partial charge in [-0.2, -0.15) is 0 Å². The molecule has 2 rings (SSSR count). The van der Waals surface area contributed by atoms with Crippen molar-refractivity contribution in [3.8, 4) is 0 Å². The Hall–Kier alpha value is -1.06. The van der Waals surface area contributed by atoms with Crippen molar-refractivity contribution in [2.45, 2.75) is 45.6 Å². The van der Waals surface area contributed by atoms with Crippen molar-refractivity contribution in [2.24, 2.45) is 10.8 Å². The molecule has 2 bridgehead atoms. The van der Waals surface area contributed by atoms with Gasteiger partial charge in [-0.05, 0) is 19.8 Å². The number of rotatable bonds is 2. The third kappa shape index (κ3) is 0.971. The quantitative estimate of drug-likeness (QED) is 0.706. The van der Waals surface area contributed by atoms with Gasteiger partial charge >= 0.3 is 11.9 Å². The molecule has 1 aliphatic carbocycles. The predicted molar refractivity (Wildman–Crippen MR) is 52.2 cm³/mol. The van der Waals surface area contributed by atoms with Crippen LogP contribution in [0.1, 0.15) is 40.0 Å². The van der Waals surface area contributed by atoms with Crippen molar-refractivity contribution in [1.29, 1.82) is 0 Å². The first-order valence-electron chi connectivity index (χ1n) is 5.20. The third-order valence-electron chi connectivity index (χ3n) is 4.71. The fourth-order valence-corrected chi connectivity index (χ4v) is 3.06.